The number of nitrogens with one attached hydrogen (secondary N) is 1. The molecule has 2 aromatic carbocycles. The van der Waals surface area contributed by atoms with Gasteiger partial charge in [0, 0.05) is 12.1 Å². The summed E-state index contributed by atoms with van der Waals surface area (Å²) >= 11 is 7.29. The lowest BCUT2D eigenvalue weighted by Gasteiger charge is -2.21. The number of carbonyl (C=O) groups is 1. The van der Waals surface area contributed by atoms with Crippen molar-refractivity contribution in [2.24, 2.45) is 5.10 Å². The van der Waals surface area contributed by atoms with E-state index in [4.69, 9.17) is 11.6 Å². The summed E-state index contributed by atoms with van der Waals surface area (Å²) in [6.07, 6.45) is 1.48. The highest BCUT2D eigenvalue weighted by atomic mass is 35.5. The van der Waals surface area contributed by atoms with E-state index in [-0.39, 0.29) is 10.9 Å². The van der Waals surface area contributed by atoms with Crippen molar-refractivity contribution in [2.75, 3.05) is 11.0 Å². The molecule has 0 spiro atoms. The van der Waals surface area contributed by atoms with Gasteiger partial charge in [0.25, 0.3) is 5.91 Å². The fraction of sp³-hybridized carbons (Fsp3) is 0.143. The Morgan fingerprint density at radius 2 is 1.97 bits per heavy atom. The monoisotopic (exact) mass is 477 g/mol. The molecular formula is C21H17ClFN3O3S2. The molecule has 1 atom stereocenters. The van der Waals surface area contributed by atoms with Crippen molar-refractivity contribution in [3.8, 4) is 0 Å². The molecule has 31 heavy (non-hydrogen) atoms. The summed E-state index contributed by atoms with van der Waals surface area (Å²) in [5, 5.41) is 7.74. The van der Waals surface area contributed by atoms with Gasteiger partial charge in [0.2, 0.25) is 10.0 Å². The summed E-state index contributed by atoms with van der Waals surface area (Å²) in [7, 11) is -3.38. The molecule has 10 heteroatoms. The highest BCUT2D eigenvalue weighted by Gasteiger charge is 2.34. The predicted octanol–water partition coefficient (Wildman–Crippen LogP) is 4.90. The second-order valence-electron chi connectivity index (χ2n) is 7.02. The van der Waals surface area contributed by atoms with Crippen molar-refractivity contribution in [3.63, 3.8) is 0 Å². The van der Waals surface area contributed by atoms with E-state index in [1.54, 1.807) is 42.5 Å². The number of rotatable bonds is 5. The lowest BCUT2D eigenvalue weighted by atomic mass is 9.98. The molecule has 1 aliphatic rings. The van der Waals surface area contributed by atoms with Gasteiger partial charge in [-0.05, 0) is 46.8 Å². The maximum Gasteiger partial charge on any atom is 0.284 e. The molecule has 0 bridgehead atoms. The number of thiophene rings is 1. The molecule has 6 nitrogen and oxygen atoms in total. The van der Waals surface area contributed by atoms with Gasteiger partial charge in [0.15, 0.2) is 0 Å². The molecule has 0 saturated heterocycles. The van der Waals surface area contributed by atoms with Crippen LogP contribution in [0.15, 0.2) is 65.1 Å². The third-order valence-corrected chi connectivity index (χ3v) is 6.45. The molecule has 1 aliphatic heterocycles. The third kappa shape index (κ3) is 4.79. The van der Waals surface area contributed by atoms with E-state index in [0.29, 0.717) is 28.3 Å². The fourth-order valence-corrected chi connectivity index (χ4v) is 4.72. The van der Waals surface area contributed by atoms with Crippen LogP contribution in [0.3, 0.4) is 0 Å². The van der Waals surface area contributed by atoms with Gasteiger partial charge >= 0.3 is 0 Å². The van der Waals surface area contributed by atoms with Gasteiger partial charge in [0.1, 0.15) is 5.82 Å². The van der Waals surface area contributed by atoms with E-state index in [1.165, 1.54) is 28.5 Å². The largest absolute Gasteiger partial charge is 0.284 e. The van der Waals surface area contributed by atoms with Crippen molar-refractivity contribution < 1.29 is 17.6 Å². The van der Waals surface area contributed by atoms with E-state index in [9.17, 15) is 17.6 Å². The van der Waals surface area contributed by atoms with E-state index in [0.717, 1.165) is 11.8 Å². The minimum Gasteiger partial charge on any atom is -0.284 e. The first-order valence-corrected chi connectivity index (χ1v) is 12.3. The lowest BCUT2D eigenvalue weighted by Crippen LogP contribution is -2.26. The van der Waals surface area contributed by atoms with Crippen LogP contribution in [0.5, 0.6) is 0 Å². The Morgan fingerprint density at radius 3 is 2.58 bits per heavy atom. The highest BCUT2D eigenvalue weighted by Crippen LogP contribution is 2.36. The molecule has 0 fully saturated rings. The minimum absolute atomic E-state index is 0.0225. The number of halogens is 2. The van der Waals surface area contributed by atoms with E-state index < -0.39 is 21.9 Å². The normalized spacial score (nSPS) is 16.3. The number of hydrazone groups is 1. The number of nitrogens with zero attached hydrogens (tertiary/aromatic N) is 2. The van der Waals surface area contributed by atoms with Crippen LogP contribution in [-0.4, -0.2) is 31.3 Å². The number of sulfonamides is 1. The van der Waals surface area contributed by atoms with Crippen molar-refractivity contribution in [1.82, 2.24) is 5.01 Å². The van der Waals surface area contributed by atoms with E-state index >= 15 is 0 Å². The van der Waals surface area contributed by atoms with Gasteiger partial charge in [-0.3, -0.25) is 9.52 Å². The molecule has 2 heterocycles. The van der Waals surface area contributed by atoms with Crippen LogP contribution in [0.1, 0.15) is 33.3 Å². The zero-order chi connectivity index (χ0) is 22.2. The molecule has 160 valence electrons. The quantitative estimate of drug-likeness (QED) is 0.567. The molecule has 1 N–H and O–H groups in total. The molecular weight excluding hydrogens is 461 g/mol. The third-order valence-electron chi connectivity index (χ3n) is 4.70. The minimum atomic E-state index is -3.38. The Hall–Kier alpha value is -2.75. The second-order valence-corrected chi connectivity index (χ2v) is 10.1. The van der Waals surface area contributed by atoms with E-state index in [1.807, 2.05) is 5.38 Å². The van der Waals surface area contributed by atoms with Crippen LogP contribution >= 0.6 is 22.9 Å². The number of anilines is 1. The van der Waals surface area contributed by atoms with Crippen molar-refractivity contribution in [1.29, 1.82) is 0 Å². The SMILES string of the molecule is CS(=O)(=O)Nc1ccc(C2=NN(C(=O)c3cccs3)[C@@H](c3ccc(F)c(Cl)c3)C2)cc1. The van der Waals surface area contributed by atoms with Crippen molar-refractivity contribution in [2.45, 2.75) is 12.5 Å². The van der Waals surface area contributed by atoms with E-state index in [2.05, 4.69) is 9.82 Å². The fourth-order valence-electron chi connectivity index (χ4n) is 3.31. The molecule has 1 amide bonds. The van der Waals surface area contributed by atoms with Gasteiger partial charge in [-0.1, -0.05) is 35.9 Å². The smallest absolute Gasteiger partial charge is 0.284 e. The van der Waals surface area contributed by atoms with Crippen LogP contribution < -0.4 is 4.72 Å². The Labute approximate surface area is 188 Å². The molecule has 1 aromatic heterocycles. The lowest BCUT2D eigenvalue weighted by molar-refractivity contribution is 0.0716. The average Bonchev–Trinajstić information content (AvgIpc) is 3.39. The molecule has 0 radical (unpaired) electrons. The number of carbonyl (C=O) groups excluding carboxylic acids is 1. The summed E-state index contributed by atoms with van der Waals surface area (Å²) in [6.45, 7) is 0. The van der Waals surface area contributed by atoms with Crippen LogP contribution in [0.4, 0.5) is 10.1 Å². The van der Waals surface area contributed by atoms with Gasteiger partial charge in [-0.15, -0.1) is 11.3 Å². The van der Waals surface area contributed by atoms with Gasteiger partial charge in [0.05, 0.1) is 27.9 Å². The Kier molecular flexibility index (Phi) is 5.83. The van der Waals surface area contributed by atoms with Gasteiger partial charge < -0.3 is 0 Å². The number of hydrogen-bond donors (Lipinski definition) is 1. The summed E-state index contributed by atoms with van der Waals surface area (Å²) in [5.74, 6) is -0.791. The number of benzene rings is 2. The topological polar surface area (TPSA) is 78.8 Å². The highest BCUT2D eigenvalue weighted by molar-refractivity contribution is 7.92. The van der Waals surface area contributed by atoms with Crippen LogP contribution in [0.25, 0.3) is 0 Å². The summed E-state index contributed by atoms with van der Waals surface area (Å²) in [5.41, 5.74) is 2.50. The number of hydrogen-bond acceptors (Lipinski definition) is 5. The maximum absolute atomic E-state index is 13.7. The van der Waals surface area contributed by atoms with Crippen LogP contribution in [0.2, 0.25) is 5.02 Å². The molecule has 0 aliphatic carbocycles. The zero-order valence-electron chi connectivity index (χ0n) is 16.2. The Morgan fingerprint density at radius 1 is 1.23 bits per heavy atom. The predicted molar refractivity (Wildman–Crippen MR) is 121 cm³/mol. The summed E-state index contributed by atoms with van der Waals surface area (Å²) < 4.78 is 38.9. The summed E-state index contributed by atoms with van der Waals surface area (Å²) in [4.78, 5) is 13.6. The van der Waals surface area contributed by atoms with Gasteiger partial charge in [-0.25, -0.2) is 17.8 Å². The molecule has 3 aromatic rings. The molecule has 4 rings (SSSR count). The second kappa shape index (κ2) is 8.41. The Balaban J connectivity index is 1.68. The zero-order valence-corrected chi connectivity index (χ0v) is 18.6. The maximum atomic E-state index is 13.7. The first kappa shape index (κ1) is 21.5. The Bertz CT molecular complexity index is 1260. The first-order chi connectivity index (χ1) is 14.7. The summed E-state index contributed by atoms with van der Waals surface area (Å²) in [6, 6.07) is 14.2. The number of amides is 1. The average molecular weight is 478 g/mol. The standard InChI is InChI=1S/C21H17ClFN3O3S2/c1-31(28,29)25-15-7-4-13(5-8-15)18-12-19(14-6-9-17(23)16(22)11-14)26(24-18)21(27)20-3-2-10-30-20/h2-11,19,25H,12H2,1H3/t19-/m1/s1. The van der Waals surface area contributed by atoms with Crippen LogP contribution in [0, 0.1) is 5.82 Å². The molecule has 0 unspecified atom stereocenters. The first-order valence-electron chi connectivity index (χ1n) is 9.19. The van der Waals surface area contributed by atoms with Gasteiger partial charge in [-0.2, -0.15) is 5.10 Å². The van der Waals surface area contributed by atoms with Crippen molar-refractivity contribution >= 4 is 50.3 Å². The molecule has 0 saturated carbocycles. The van der Waals surface area contributed by atoms with Crippen LogP contribution in [-0.2, 0) is 10.0 Å². The van der Waals surface area contributed by atoms with Crippen molar-refractivity contribution in [3.05, 3.63) is 86.8 Å².